The maximum absolute atomic E-state index is 6.18. The molecular weight excluding hydrogens is 294 g/mol. The third-order valence-electron chi connectivity index (χ3n) is 3.02. The van der Waals surface area contributed by atoms with E-state index in [4.69, 9.17) is 10.5 Å². The van der Waals surface area contributed by atoms with Crippen LogP contribution in [0.15, 0.2) is 22.7 Å². The molecule has 98 valence electrons. The largest absolute Gasteiger partial charge is 0.385 e. The summed E-state index contributed by atoms with van der Waals surface area (Å²) in [5.74, 6) is 0.933. The number of nitrogens with zero attached hydrogens (tertiary/aromatic N) is 2. The Balaban J connectivity index is 2.43. The van der Waals surface area contributed by atoms with Crippen molar-refractivity contribution in [1.82, 2.24) is 9.55 Å². The first-order valence-corrected chi connectivity index (χ1v) is 6.86. The molecule has 2 N–H and O–H groups in total. The lowest BCUT2D eigenvalue weighted by atomic mass is 10.2. The van der Waals surface area contributed by atoms with E-state index in [9.17, 15) is 0 Å². The highest BCUT2D eigenvalue weighted by atomic mass is 79.9. The standard InChI is InChI=1S/C13H18BrN3O/c1-3-17-12-5-4-9(14)8-11(12)16-13(17)10(15)6-7-18-2/h4-5,8,10H,3,6-7,15H2,1-2H3. The van der Waals surface area contributed by atoms with E-state index in [1.165, 1.54) is 0 Å². The molecule has 4 nitrogen and oxygen atoms in total. The molecule has 0 aliphatic heterocycles. The second-order valence-corrected chi connectivity index (χ2v) is 5.15. The van der Waals surface area contributed by atoms with Crippen molar-refractivity contribution in [2.45, 2.75) is 25.9 Å². The first-order chi connectivity index (χ1) is 8.67. The van der Waals surface area contributed by atoms with Gasteiger partial charge in [0.25, 0.3) is 0 Å². The predicted octanol–water partition coefficient (Wildman–Crippen LogP) is 2.86. The van der Waals surface area contributed by atoms with E-state index in [-0.39, 0.29) is 6.04 Å². The predicted molar refractivity (Wildman–Crippen MR) is 76.5 cm³/mol. The van der Waals surface area contributed by atoms with Crippen molar-refractivity contribution >= 4 is 27.0 Å². The zero-order valence-corrected chi connectivity index (χ0v) is 12.3. The van der Waals surface area contributed by atoms with Gasteiger partial charge in [-0.25, -0.2) is 4.98 Å². The van der Waals surface area contributed by atoms with Crippen molar-refractivity contribution in [2.75, 3.05) is 13.7 Å². The Hall–Kier alpha value is -0.910. The molecule has 0 saturated carbocycles. The fourth-order valence-corrected chi connectivity index (χ4v) is 2.46. The van der Waals surface area contributed by atoms with Gasteiger partial charge in [-0.05, 0) is 31.5 Å². The molecule has 1 aromatic heterocycles. The molecule has 0 saturated heterocycles. The molecule has 0 aliphatic rings. The topological polar surface area (TPSA) is 53.1 Å². The van der Waals surface area contributed by atoms with Crippen LogP contribution in [-0.2, 0) is 11.3 Å². The number of methoxy groups -OCH3 is 1. The average molecular weight is 312 g/mol. The van der Waals surface area contributed by atoms with Gasteiger partial charge in [0.15, 0.2) is 0 Å². The van der Waals surface area contributed by atoms with Gasteiger partial charge >= 0.3 is 0 Å². The van der Waals surface area contributed by atoms with Crippen LogP contribution in [0.25, 0.3) is 11.0 Å². The Kier molecular flexibility index (Phi) is 4.37. The molecule has 5 heteroatoms. The lowest BCUT2D eigenvalue weighted by Gasteiger charge is -2.12. The van der Waals surface area contributed by atoms with Gasteiger partial charge in [0, 0.05) is 24.7 Å². The van der Waals surface area contributed by atoms with E-state index >= 15 is 0 Å². The van der Waals surface area contributed by atoms with Gasteiger partial charge in [0.1, 0.15) is 5.82 Å². The molecule has 0 bridgehead atoms. The van der Waals surface area contributed by atoms with Crippen molar-refractivity contribution in [3.8, 4) is 0 Å². The third-order valence-corrected chi connectivity index (χ3v) is 3.51. The quantitative estimate of drug-likeness (QED) is 0.923. The van der Waals surface area contributed by atoms with E-state index in [0.29, 0.717) is 6.61 Å². The molecular formula is C13H18BrN3O. The van der Waals surface area contributed by atoms with Gasteiger partial charge in [-0.15, -0.1) is 0 Å². The Bertz CT molecular complexity index is 538. The Morgan fingerprint density at radius 2 is 2.28 bits per heavy atom. The number of rotatable bonds is 5. The van der Waals surface area contributed by atoms with Gasteiger partial charge in [-0.1, -0.05) is 15.9 Å². The van der Waals surface area contributed by atoms with Crippen LogP contribution in [0.5, 0.6) is 0 Å². The second kappa shape index (κ2) is 5.82. The number of benzene rings is 1. The SMILES string of the molecule is CCn1c(C(N)CCOC)nc2cc(Br)ccc21. The molecule has 18 heavy (non-hydrogen) atoms. The summed E-state index contributed by atoms with van der Waals surface area (Å²) in [5, 5.41) is 0. The van der Waals surface area contributed by atoms with Gasteiger partial charge in [-0.3, -0.25) is 0 Å². The normalized spacial score (nSPS) is 13.1. The number of aryl methyl sites for hydroxylation is 1. The van der Waals surface area contributed by atoms with Gasteiger partial charge in [-0.2, -0.15) is 0 Å². The van der Waals surface area contributed by atoms with E-state index in [1.807, 2.05) is 12.1 Å². The number of fused-ring (bicyclic) bond motifs is 1. The minimum absolute atomic E-state index is 0.0870. The highest BCUT2D eigenvalue weighted by Gasteiger charge is 2.16. The van der Waals surface area contributed by atoms with Crippen molar-refractivity contribution in [3.05, 3.63) is 28.5 Å². The van der Waals surface area contributed by atoms with Crippen LogP contribution in [0.3, 0.4) is 0 Å². The van der Waals surface area contributed by atoms with Crippen molar-refractivity contribution < 1.29 is 4.74 Å². The zero-order valence-electron chi connectivity index (χ0n) is 10.7. The van der Waals surface area contributed by atoms with Crippen LogP contribution in [0.2, 0.25) is 0 Å². The average Bonchev–Trinajstić information content (AvgIpc) is 2.73. The van der Waals surface area contributed by atoms with E-state index in [0.717, 1.165) is 34.3 Å². The van der Waals surface area contributed by atoms with Crippen molar-refractivity contribution in [3.63, 3.8) is 0 Å². The maximum Gasteiger partial charge on any atom is 0.126 e. The van der Waals surface area contributed by atoms with E-state index in [2.05, 4.69) is 38.5 Å². The molecule has 0 radical (unpaired) electrons. The molecule has 1 aromatic carbocycles. The fourth-order valence-electron chi connectivity index (χ4n) is 2.11. The van der Waals surface area contributed by atoms with Crippen LogP contribution in [0.1, 0.15) is 25.2 Å². The summed E-state index contributed by atoms with van der Waals surface area (Å²) in [5.41, 5.74) is 8.29. The minimum atomic E-state index is -0.0870. The lowest BCUT2D eigenvalue weighted by molar-refractivity contribution is 0.186. The lowest BCUT2D eigenvalue weighted by Crippen LogP contribution is -2.18. The van der Waals surface area contributed by atoms with Gasteiger partial charge in [0.05, 0.1) is 17.1 Å². The summed E-state index contributed by atoms with van der Waals surface area (Å²) >= 11 is 3.47. The highest BCUT2D eigenvalue weighted by molar-refractivity contribution is 9.10. The van der Waals surface area contributed by atoms with Gasteiger partial charge < -0.3 is 15.0 Å². The smallest absolute Gasteiger partial charge is 0.126 e. The van der Waals surface area contributed by atoms with Crippen LogP contribution >= 0.6 is 15.9 Å². The van der Waals surface area contributed by atoms with Crippen LogP contribution in [-0.4, -0.2) is 23.3 Å². The fraction of sp³-hybridized carbons (Fsp3) is 0.462. The van der Waals surface area contributed by atoms with Crippen molar-refractivity contribution in [1.29, 1.82) is 0 Å². The molecule has 1 unspecified atom stereocenters. The summed E-state index contributed by atoms with van der Waals surface area (Å²) < 4.78 is 8.28. The molecule has 0 spiro atoms. The summed E-state index contributed by atoms with van der Waals surface area (Å²) in [6, 6.07) is 6.04. The summed E-state index contributed by atoms with van der Waals surface area (Å²) in [7, 11) is 1.69. The number of imidazole rings is 1. The van der Waals surface area contributed by atoms with E-state index < -0.39 is 0 Å². The highest BCUT2D eigenvalue weighted by Crippen LogP contribution is 2.24. The van der Waals surface area contributed by atoms with E-state index in [1.54, 1.807) is 7.11 Å². The van der Waals surface area contributed by atoms with Crippen LogP contribution < -0.4 is 5.73 Å². The van der Waals surface area contributed by atoms with Crippen LogP contribution in [0, 0.1) is 0 Å². The number of halogens is 1. The molecule has 0 aliphatic carbocycles. The molecule has 1 atom stereocenters. The second-order valence-electron chi connectivity index (χ2n) is 4.24. The first kappa shape index (κ1) is 13.5. The zero-order chi connectivity index (χ0) is 13.1. The Morgan fingerprint density at radius 3 is 2.94 bits per heavy atom. The number of hydrogen-bond acceptors (Lipinski definition) is 3. The Morgan fingerprint density at radius 1 is 1.50 bits per heavy atom. The molecule has 1 heterocycles. The number of aromatic nitrogens is 2. The molecule has 2 aromatic rings. The molecule has 0 amide bonds. The molecule has 2 rings (SSSR count). The summed E-state index contributed by atoms with van der Waals surface area (Å²) in [6.45, 7) is 3.63. The summed E-state index contributed by atoms with van der Waals surface area (Å²) in [4.78, 5) is 4.65. The monoisotopic (exact) mass is 311 g/mol. The number of hydrogen-bond donors (Lipinski definition) is 1. The van der Waals surface area contributed by atoms with Crippen LogP contribution in [0.4, 0.5) is 0 Å². The third kappa shape index (κ3) is 2.58. The number of nitrogens with two attached hydrogens (primary N) is 1. The Labute approximate surface area is 115 Å². The van der Waals surface area contributed by atoms with Gasteiger partial charge in [0.2, 0.25) is 0 Å². The first-order valence-electron chi connectivity index (χ1n) is 6.07. The minimum Gasteiger partial charge on any atom is -0.385 e. The van der Waals surface area contributed by atoms with Crippen molar-refractivity contribution in [2.24, 2.45) is 5.73 Å². The summed E-state index contributed by atoms with van der Waals surface area (Å²) in [6.07, 6.45) is 0.779. The maximum atomic E-state index is 6.18. The number of ether oxygens (including phenoxy) is 1. The molecule has 0 fully saturated rings.